The van der Waals surface area contributed by atoms with Crippen LogP contribution < -0.4 is 5.32 Å². The summed E-state index contributed by atoms with van der Waals surface area (Å²) in [5.74, 6) is 0. The van der Waals surface area contributed by atoms with E-state index in [2.05, 4.69) is 50.4 Å². The second kappa shape index (κ2) is 5.45. The number of nitrogens with one attached hydrogen (secondary N) is 1. The Kier molecular flexibility index (Phi) is 4.16. The second-order valence-electron chi connectivity index (χ2n) is 6.07. The summed E-state index contributed by atoms with van der Waals surface area (Å²) >= 11 is 2.03. The van der Waals surface area contributed by atoms with E-state index in [0.29, 0.717) is 5.41 Å². The maximum Gasteiger partial charge on any atom is 0.0260 e. The fourth-order valence-corrected chi connectivity index (χ4v) is 3.38. The van der Waals surface area contributed by atoms with Crippen LogP contribution >= 0.6 is 11.8 Å². The summed E-state index contributed by atoms with van der Waals surface area (Å²) in [7, 11) is 0. The van der Waals surface area contributed by atoms with Crippen molar-refractivity contribution in [1.29, 1.82) is 0 Å². The Labute approximate surface area is 109 Å². The molecule has 0 amide bonds. The van der Waals surface area contributed by atoms with Crippen molar-refractivity contribution in [3.8, 4) is 0 Å². The summed E-state index contributed by atoms with van der Waals surface area (Å²) in [6.07, 6.45) is 2.47. The average molecular weight is 249 g/mol. The molecular weight excluding hydrogens is 226 g/mol. The first-order valence-electron chi connectivity index (χ1n) is 6.50. The van der Waals surface area contributed by atoms with Gasteiger partial charge in [-0.05, 0) is 36.4 Å². The van der Waals surface area contributed by atoms with Gasteiger partial charge in [0, 0.05) is 16.7 Å². The average Bonchev–Trinajstić information content (AvgIpc) is 2.65. The van der Waals surface area contributed by atoms with Gasteiger partial charge in [-0.25, -0.2) is 0 Å². The van der Waals surface area contributed by atoms with E-state index in [4.69, 9.17) is 0 Å². The quantitative estimate of drug-likeness (QED) is 0.816. The Bertz CT molecular complexity index is 342. The van der Waals surface area contributed by atoms with Crippen LogP contribution in [0.4, 0.5) is 0 Å². The van der Waals surface area contributed by atoms with Crippen molar-refractivity contribution in [2.24, 2.45) is 5.41 Å². The summed E-state index contributed by atoms with van der Waals surface area (Å²) < 4.78 is 0. The number of hydrogen-bond acceptors (Lipinski definition) is 2. The van der Waals surface area contributed by atoms with E-state index in [0.717, 1.165) is 18.3 Å². The number of hydrogen-bond donors (Lipinski definition) is 1. The van der Waals surface area contributed by atoms with Crippen LogP contribution in [0.3, 0.4) is 0 Å². The van der Waals surface area contributed by atoms with Crippen molar-refractivity contribution in [1.82, 2.24) is 5.32 Å². The Hall–Kier alpha value is -0.470. The summed E-state index contributed by atoms with van der Waals surface area (Å²) in [6, 6.07) is 8.79. The zero-order valence-corrected chi connectivity index (χ0v) is 11.9. The highest BCUT2D eigenvalue weighted by Crippen LogP contribution is 2.36. The van der Waals surface area contributed by atoms with Crippen LogP contribution in [0.5, 0.6) is 0 Å². The Morgan fingerprint density at radius 3 is 2.76 bits per heavy atom. The van der Waals surface area contributed by atoms with Gasteiger partial charge in [0.25, 0.3) is 0 Å². The lowest BCUT2D eigenvalue weighted by molar-refractivity contribution is 0.367. The molecule has 1 aliphatic heterocycles. The summed E-state index contributed by atoms with van der Waals surface area (Å²) in [4.78, 5) is 1.48. The van der Waals surface area contributed by atoms with Crippen molar-refractivity contribution in [3.63, 3.8) is 0 Å². The van der Waals surface area contributed by atoms with E-state index in [1.54, 1.807) is 0 Å². The molecular formula is C15H23NS. The van der Waals surface area contributed by atoms with E-state index >= 15 is 0 Å². The van der Waals surface area contributed by atoms with Crippen molar-refractivity contribution < 1.29 is 0 Å². The number of rotatable bonds is 4. The molecule has 17 heavy (non-hydrogen) atoms. The van der Waals surface area contributed by atoms with E-state index in [1.807, 2.05) is 11.8 Å². The van der Waals surface area contributed by atoms with Gasteiger partial charge in [-0.2, -0.15) is 0 Å². The molecule has 1 aliphatic rings. The van der Waals surface area contributed by atoms with Crippen LogP contribution in [0.2, 0.25) is 0 Å². The van der Waals surface area contributed by atoms with Crippen LogP contribution in [-0.2, 0) is 6.42 Å². The minimum Gasteiger partial charge on any atom is -0.316 e. The minimum absolute atomic E-state index is 0.443. The van der Waals surface area contributed by atoms with Gasteiger partial charge in [0.1, 0.15) is 0 Å². The molecule has 2 rings (SSSR count). The Morgan fingerprint density at radius 1 is 1.29 bits per heavy atom. The Morgan fingerprint density at radius 2 is 2.06 bits per heavy atom. The van der Waals surface area contributed by atoms with E-state index in [1.165, 1.54) is 23.3 Å². The van der Waals surface area contributed by atoms with Crippen LogP contribution in [0.25, 0.3) is 0 Å². The summed E-state index contributed by atoms with van der Waals surface area (Å²) in [5, 5.41) is 4.33. The third-order valence-electron chi connectivity index (χ3n) is 3.14. The molecule has 0 aliphatic carbocycles. The molecule has 1 nitrogen and oxygen atoms in total. The molecule has 0 radical (unpaired) electrons. The lowest BCUT2D eigenvalue weighted by Crippen LogP contribution is -2.27. The van der Waals surface area contributed by atoms with Crippen molar-refractivity contribution >= 4 is 11.8 Å². The van der Waals surface area contributed by atoms with Crippen LogP contribution in [0.15, 0.2) is 29.2 Å². The molecule has 0 saturated carbocycles. The van der Waals surface area contributed by atoms with Crippen molar-refractivity contribution in [2.75, 3.05) is 13.1 Å². The molecule has 1 unspecified atom stereocenters. The summed E-state index contributed by atoms with van der Waals surface area (Å²) in [5.41, 5.74) is 1.97. The normalized spacial score (nSPS) is 19.4. The van der Waals surface area contributed by atoms with Gasteiger partial charge in [0.15, 0.2) is 0 Å². The maximum absolute atomic E-state index is 3.60. The van der Waals surface area contributed by atoms with Gasteiger partial charge in [-0.1, -0.05) is 39.0 Å². The van der Waals surface area contributed by atoms with E-state index < -0.39 is 0 Å². The SMILES string of the molecule is CC(C)(C)CCNCC1Cc2ccccc2S1. The molecule has 1 heterocycles. The monoisotopic (exact) mass is 249 g/mol. The van der Waals surface area contributed by atoms with Gasteiger partial charge >= 0.3 is 0 Å². The molecule has 0 bridgehead atoms. The van der Waals surface area contributed by atoms with Gasteiger partial charge in [-0.15, -0.1) is 11.8 Å². The van der Waals surface area contributed by atoms with Crippen molar-refractivity contribution in [2.45, 2.75) is 43.8 Å². The molecule has 94 valence electrons. The second-order valence-corrected chi connectivity index (χ2v) is 7.41. The molecule has 1 aromatic carbocycles. The van der Waals surface area contributed by atoms with Crippen LogP contribution in [0, 0.1) is 5.41 Å². The third kappa shape index (κ3) is 4.04. The maximum atomic E-state index is 3.60. The zero-order valence-electron chi connectivity index (χ0n) is 11.1. The first kappa shape index (κ1) is 13.0. The highest BCUT2D eigenvalue weighted by Gasteiger charge is 2.21. The van der Waals surface area contributed by atoms with E-state index in [9.17, 15) is 0 Å². The van der Waals surface area contributed by atoms with Gasteiger partial charge in [-0.3, -0.25) is 0 Å². The largest absolute Gasteiger partial charge is 0.316 e. The minimum atomic E-state index is 0.443. The van der Waals surface area contributed by atoms with Gasteiger partial charge in [0.2, 0.25) is 0 Å². The smallest absolute Gasteiger partial charge is 0.0260 e. The molecule has 0 aromatic heterocycles. The van der Waals surface area contributed by atoms with Crippen LogP contribution in [-0.4, -0.2) is 18.3 Å². The fourth-order valence-electron chi connectivity index (χ4n) is 2.09. The molecule has 1 aromatic rings. The van der Waals surface area contributed by atoms with Crippen molar-refractivity contribution in [3.05, 3.63) is 29.8 Å². The molecule has 1 N–H and O–H groups in total. The van der Waals surface area contributed by atoms with Gasteiger partial charge in [0.05, 0.1) is 0 Å². The standard InChI is InChI=1S/C15H23NS/c1-15(2,3)8-9-16-11-13-10-12-6-4-5-7-14(12)17-13/h4-7,13,16H,8-11H2,1-3H3. The molecule has 2 heteroatoms. The lowest BCUT2D eigenvalue weighted by Gasteiger charge is -2.19. The molecule has 1 atom stereocenters. The number of benzene rings is 1. The zero-order chi connectivity index (χ0) is 12.3. The first-order chi connectivity index (χ1) is 8.04. The predicted octanol–water partition coefficient (Wildman–Crippen LogP) is 3.73. The summed E-state index contributed by atoms with van der Waals surface area (Å²) in [6.45, 7) is 9.17. The predicted molar refractivity (Wildman–Crippen MR) is 76.7 cm³/mol. The number of thioether (sulfide) groups is 1. The Balaban J connectivity index is 1.70. The molecule has 0 fully saturated rings. The molecule has 0 saturated heterocycles. The lowest BCUT2D eigenvalue weighted by atomic mass is 9.92. The first-order valence-corrected chi connectivity index (χ1v) is 7.38. The topological polar surface area (TPSA) is 12.0 Å². The van der Waals surface area contributed by atoms with Gasteiger partial charge < -0.3 is 5.32 Å². The fraction of sp³-hybridized carbons (Fsp3) is 0.600. The highest BCUT2D eigenvalue weighted by atomic mass is 32.2. The highest BCUT2D eigenvalue weighted by molar-refractivity contribution is 8.00. The number of fused-ring (bicyclic) bond motifs is 1. The van der Waals surface area contributed by atoms with E-state index in [-0.39, 0.29) is 0 Å². The third-order valence-corrected chi connectivity index (χ3v) is 4.46. The van der Waals surface area contributed by atoms with Crippen LogP contribution in [0.1, 0.15) is 32.8 Å². The molecule has 0 spiro atoms.